The van der Waals surface area contributed by atoms with Crippen molar-refractivity contribution in [3.63, 3.8) is 0 Å². The molecule has 0 fully saturated rings. The maximum absolute atomic E-state index is 2.32. The lowest BCUT2D eigenvalue weighted by molar-refractivity contribution is -0.697. The van der Waals surface area contributed by atoms with E-state index in [1.165, 1.54) is 16.8 Å². The first kappa shape index (κ1) is 9.91. The summed E-state index contributed by atoms with van der Waals surface area (Å²) in [5.74, 6) is 0. The molecule has 15 heavy (non-hydrogen) atoms. The molecule has 1 heteroatoms. The van der Waals surface area contributed by atoms with Crippen molar-refractivity contribution in [3.05, 3.63) is 65.5 Å². The third kappa shape index (κ3) is 1.65. The van der Waals surface area contributed by atoms with E-state index in [1.807, 2.05) is 0 Å². The second-order valence-corrected chi connectivity index (χ2v) is 3.77. The fraction of sp³-hybridized carbons (Fsp3) is 0.214. The Morgan fingerprint density at radius 2 is 1.60 bits per heavy atom. The fourth-order valence-electron chi connectivity index (χ4n) is 2.09. The molecule has 0 spiro atoms. The van der Waals surface area contributed by atoms with Crippen LogP contribution >= 0.6 is 0 Å². The van der Waals surface area contributed by atoms with Crippen LogP contribution in [0, 0.1) is 0 Å². The number of benzene rings is 1. The van der Waals surface area contributed by atoms with E-state index in [2.05, 4.69) is 53.2 Å². The molecule has 1 aliphatic rings. The standard InChI is InChI=1S/C13H12N.CH4/c1-2-6-12-10-14-8-4-3-7-13(14)9-11(12)5-1;/h1-8H,9-10H2;1H4/q+1;. The maximum atomic E-state index is 2.32. The van der Waals surface area contributed by atoms with Crippen molar-refractivity contribution in [1.29, 1.82) is 0 Å². The molecule has 2 heterocycles. The molecular weight excluding hydrogens is 182 g/mol. The number of aromatic nitrogens is 1. The molecule has 2 aromatic rings. The minimum absolute atomic E-state index is 0. The summed E-state index contributed by atoms with van der Waals surface area (Å²) in [6.07, 6.45) is 3.22. The molecule has 3 rings (SSSR count). The number of nitrogens with zero attached hydrogens (tertiary/aromatic N) is 1. The lowest BCUT2D eigenvalue weighted by atomic mass is 9.99. The van der Waals surface area contributed by atoms with E-state index < -0.39 is 0 Å². The van der Waals surface area contributed by atoms with Crippen molar-refractivity contribution in [1.82, 2.24) is 0 Å². The summed E-state index contributed by atoms with van der Waals surface area (Å²) in [5, 5.41) is 0. The zero-order valence-corrected chi connectivity index (χ0v) is 7.98. The average Bonchev–Trinajstić information content (AvgIpc) is 2.26. The molecule has 1 nitrogen and oxygen atoms in total. The smallest absolute Gasteiger partial charge is 0.186 e. The molecule has 0 saturated heterocycles. The van der Waals surface area contributed by atoms with E-state index >= 15 is 0 Å². The summed E-state index contributed by atoms with van der Waals surface area (Å²) in [7, 11) is 0. The fourth-order valence-corrected chi connectivity index (χ4v) is 2.09. The van der Waals surface area contributed by atoms with Crippen LogP contribution in [0.15, 0.2) is 48.7 Å². The van der Waals surface area contributed by atoms with E-state index in [9.17, 15) is 0 Å². The SMILES string of the molecule is C.c1ccc2c(c1)Cc1cccc[n+]1C2. The van der Waals surface area contributed by atoms with Crippen molar-refractivity contribution in [2.24, 2.45) is 0 Å². The Morgan fingerprint density at radius 1 is 0.867 bits per heavy atom. The zero-order valence-electron chi connectivity index (χ0n) is 7.98. The molecule has 0 N–H and O–H groups in total. The van der Waals surface area contributed by atoms with Gasteiger partial charge in [0.2, 0.25) is 0 Å². The van der Waals surface area contributed by atoms with Crippen LogP contribution < -0.4 is 4.57 Å². The molecular formula is C14H16N+. The minimum atomic E-state index is 0. The first-order valence-electron chi connectivity index (χ1n) is 4.97. The molecule has 0 radical (unpaired) electrons. The van der Waals surface area contributed by atoms with Gasteiger partial charge in [0.25, 0.3) is 0 Å². The van der Waals surface area contributed by atoms with Gasteiger partial charge in [-0.25, -0.2) is 0 Å². The molecule has 1 aromatic heterocycles. The van der Waals surface area contributed by atoms with Gasteiger partial charge in [0, 0.05) is 17.7 Å². The topological polar surface area (TPSA) is 3.88 Å². The Balaban J connectivity index is 0.000000853. The van der Waals surface area contributed by atoms with E-state index in [0.29, 0.717) is 0 Å². The van der Waals surface area contributed by atoms with Crippen LogP contribution in [0.5, 0.6) is 0 Å². The van der Waals surface area contributed by atoms with Crippen LogP contribution in [0.2, 0.25) is 0 Å². The summed E-state index contributed by atoms with van der Waals surface area (Å²) in [6, 6.07) is 15.1. The predicted molar refractivity (Wildman–Crippen MR) is 61.7 cm³/mol. The van der Waals surface area contributed by atoms with Crippen LogP contribution in [-0.4, -0.2) is 0 Å². The summed E-state index contributed by atoms with van der Waals surface area (Å²) in [4.78, 5) is 0. The summed E-state index contributed by atoms with van der Waals surface area (Å²) in [5.41, 5.74) is 4.33. The summed E-state index contributed by atoms with van der Waals surface area (Å²) in [6.45, 7) is 1.02. The van der Waals surface area contributed by atoms with Gasteiger partial charge < -0.3 is 0 Å². The number of hydrogen-bond donors (Lipinski definition) is 0. The van der Waals surface area contributed by atoms with Crippen LogP contribution in [0.25, 0.3) is 0 Å². The molecule has 0 aliphatic carbocycles. The Morgan fingerprint density at radius 3 is 2.47 bits per heavy atom. The van der Waals surface area contributed by atoms with E-state index in [1.54, 1.807) is 0 Å². The Bertz CT molecular complexity index is 387. The van der Waals surface area contributed by atoms with E-state index in [-0.39, 0.29) is 7.43 Å². The molecule has 0 amide bonds. The molecule has 0 atom stereocenters. The second kappa shape index (κ2) is 3.85. The number of hydrogen-bond acceptors (Lipinski definition) is 0. The molecule has 0 unspecified atom stereocenters. The first-order valence-corrected chi connectivity index (χ1v) is 4.97. The second-order valence-electron chi connectivity index (χ2n) is 3.77. The highest BCUT2D eigenvalue weighted by molar-refractivity contribution is 5.30. The third-order valence-corrected chi connectivity index (χ3v) is 2.87. The highest BCUT2D eigenvalue weighted by atomic mass is 15.0. The maximum Gasteiger partial charge on any atom is 0.186 e. The zero-order chi connectivity index (χ0) is 9.38. The van der Waals surface area contributed by atoms with Gasteiger partial charge in [-0.2, -0.15) is 4.57 Å². The van der Waals surface area contributed by atoms with Crippen molar-refractivity contribution in [2.75, 3.05) is 0 Å². The Labute approximate surface area is 91.0 Å². The van der Waals surface area contributed by atoms with Crippen LogP contribution in [0.3, 0.4) is 0 Å². The quantitative estimate of drug-likeness (QED) is 0.489. The van der Waals surface area contributed by atoms with Gasteiger partial charge in [-0.15, -0.1) is 0 Å². The van der Waals surface area contributed by atoms with E-state index in [4.69, 9.17) is 0 Å². The third-order valence-electron chi connectivity index (χ3n) is 2.87. The number of pyridine rings is 1. The van der Waals surface area contributed by atoms with Gasteiger partial charge in [-0.05, 0) is 5.56 Å². The van der Waals surface area contributed by atoms with Gasteiger partial charge in [0.05, 0.1) is 6.42 Å². The van der Waals surface area contributed by atoms with Gasteiger partial charge >= 0.3 is 0 Å². The van der Waals surface area contributed by atoms with Crippen LogP contribution in [0.4, 0.5) is 0 Å². The molecule has 76 valence electrons. The highest BCUT2D eigenvalue weighted by Crippen LogP contribution is 2.16. The molecule has 1 aliphatic heterocycles. The van der Waals surface area contributed by atoms with Crippen molar-refractivity contribution < 1.29 is 4.57 Å². The number of fused-ring (bicyclic) bond motifs is 2. The normalized spacial score (nSPS) is 12.3. The van der Waals surface area contributed by atoms with E-state index in [0.717, 1.165) is 13.0 Å². The van der Waals surface area contributed by atoms with Crippen molar-refractivity contribution in [2.45, 2.75) is 20.4 Å². The largest absolute Gasteiger partial charge is 0.198 e. The van der Waals surface area contributed by atoms with Crippen molar-refractivity contribution >= 4 is 0 Å². The van der Waals surface area contributed by atoms with Crippen LogP contribution in [-0.2, 0) is 13.0 Å². The van der Waals surface area contributed by atoms with Gasteiger partial charge in [0.15, 0.2) is 18.4 Å². The summed E-state index contributed by atoms with van der Waals surface area (Å²) >= 11 is 0. The average molecular weight is 198 g/mol. The van der Waals surface area contributed by atoms with Gasteiger partial charge in [-0.1, -0.05) is 37.8 Å². The molecule has 0 saturated carbocycles. The van der Waals surface area contributed by atoms with Gasteiger partial charge in [0.1, 0.15) is 0 Å². The first-order chi connectivity index (χ1) is 6.93. The molecule has 0 bridgehead atoms. The monoisotopic (exact) mass is 198 g/mol. The Kier molecular flexibility index (Phi) is 2.55. The number of rotatable bonds is 0. The van der Waals surface area contributed by atoms with Crippen LogP contribution in [0.1, 0.15) is 24.2 Å². The predicted octanol–water partition coefficient (Wildman–Crippen LogP) is 2.56. The highest BCUT2D eigenvalue weighted by Gasteiger charge is 2.19. The molecule has 1 aromatic carbocycles. The minimum Gasteiger partial charge on any atom is -0.198 e. The lowest BCUT2D eigenvalue weighted by Crippen LogP contribution is -2.41. The van der Waals surface area contributed by atoms with Gasteiger partial charge in [-0.3, -0.25) is 0 Å². The Hall–Kier alpha value is -1.63. The summed E-state index contributed by atoms with van der Waals surface area (Å²) < 4.78 is 2.32. The lowest BCUT2D eigenvalue weighted by Gasteiger charge is -2.13. The van der Waals surface area contributed by atoms with Crippen molar-refractivity contribution in [3.8, 4) is 0 Å².